The second-order valence-electron chi connectivity index (χ2n) is 5.87. The summed E-state index contributed by atoms with van der Waals surface area (Å²) >= 11 is 1.34. The van der Waals surface area contributed by atoms with Crippen molar-refractivity contribution in [2.24, 2.45) is 0 Å². The molecule has 0 amide bonds. The number of ether oxygens (including phenoxy) is 2. The Labute approximate surface area is 160 Å². The smallest absolute Gasteiger partial charge is 0.306 e. The lowest BCUT2D eigenvalue weighted by Crippen LogP contribution is -2.17. The number of hydrogen-bond donors (Lipinski definition) is 0. The lowest BCUT2D eigenvalue weighted by Gasteiger charge is -2.04. The van der Waals surface area contributed by atoms with E-state index in [1.165, 1.54) is 21.9 Å². The van der Waals surface area contributed by atoms with Gasteiger partial charge in [-0.3, -0.25) is 9.59 Å². The summed E-state index contributed by atoms with van der Waals surface area (Å²) in [4.78, 5) is 29.0. The Hall–Kier alpha value is -2.58. The van der Waals surface area contributed by atoms with Crippen LogP contribution in [0.25, 0.3) is 4.96 Å². The number of carbonyl (C=O) groups excluding carboxylic acids is 1. The lowest BCUT2D eigenvalue weighted by molar-refractivity contribution is -0.145. The van der Waals surface area contributed by atoms with Gasteiger partial charge in [-0.1, -0.05) is 41.7 Å². The van der Waals surface area contributed by atoms with Gasteiger partial charge >= 0.3 is 5.97 Å². The maximum Gasteiger partial charge on any atom is 0.306 e. The fourth-order valence-electron chi connectivity index (χ4n) is 2.49. The molecule has 0 saturated carbocycles. The van der Waals surface area contributed by atoms with Gasteiger partial charge in [0.25, 0.3) is 5.56 Å². The van der Waals surface area contributed by atoms with E-state index >= 15 is 0 Å². The molecular formula is C19H21N3O4S. The van der Waals surface area contributed by atoms with Crippen LogP contribution in [-0.2, 0) is 33.7 Å². The fourth-order valence-corrected chi connectivity index (χ4v) is 3.39. The molecule has 0 atom stereocenters. The molecule has 2 aromatic heterocycles. The first-order valence-corrected chi connectivity index (χ1v) is 9.63. The normalized spacial score (nSPS) is 11.0. The van der Waals surface area contributed by atoms with Gasteiger partial charge in [0, 0.05) is 25.5 Å². The molecule has 0 saturated heterocycles. The van der Waals surface area contributed by atoms with Crippen molar-refractivity contribution in [3.8, 4) is 0 Å². The summed E-state index contributed by atoms with van der Waals surface area (Å²) in [5, 5.41) is 5.04. The van der Waals surface area contributed by atoms with E-state index in [0.717, 1.165) is 10.6 Å². The van der Waals surface area contributed by atoms with Crippen LogP contribution in [0.1, 0.15) is 29.6 Å². The molecule has 3 aromatic rings. The van der Waals surface area contributed by atoms with Gasteiger partial charge in [0.05, 0.1) is 12.3 Å². The SMILES string of the molecule is CCOCCc1nn2c(=O)cc(COC(=O)CCc3ccccc3)nc2s1. The summed E-state index contributed by atoms with van der Waals surface area (Å²) in [6.07, 6.45) is 1.53. The number of aryl methyl sites for hydroxylation is 1. The average Bonchev–Trinajstić information content (AvgIpc) is 3.09. The van der Waals surface area contributed by atoms with E-state index in [-0.39, 0.29) is 24.6 Å². The van der Waals surface area contributed by atoms with Crippen molar-refractivity contribution in [2.45, 2.75) is 32.8 Å². The number of nitrogens with zero attached hydrogens (tertiary/aromatic N) is 3. The zero-order valence-corrected chi connectivity index (χ0v) is 15.9. The Balaban J connectivity index is 1.58. The lowest BCUT2D eigenvalue weighted by atomic mass is 10.1. The first-order valence-electron chi connectivity index (χ1n) is 8.81. The van der Waals surface area contributed by atoms with Crippen molar-refractivity contribution in [1.29, 1.82) is 0 Å². The summed E-state index contributed by atoms with van der Waals surface area (Å²) in [5.74, 6) is -0.317. The van der Waals surface area contributed by atoms with Crippen molar-refractivity contribution < 1.29 is 14.3 Å². The Morgan fingerprint density at radius 2 is 2.04 bits per heavy atom. The number of aromatic nitrogens is 3. The van der Waals surface area contributed by atoms with E-state index in [1.54, 1.807) is 0 Å². The van der Waals surface area contributed by atoms with Gasteiger partial charge in [0.2, 0.25) is 4.96 Å². The molecule has 0 radical (unpaired) electrons. The Bertz CT molecular complexity index is 952. The highest BCUT2D eigenvalue weighted by Crippen LogP contribution is 2.13. The summed E-state index contributed by atoms with van der Waals surface area (Å²) in [6, 6.07) is 11.1. The largest absolute Gasteiger partial charge is 0.459 e. The van der Waals surface area contributed by atoms with Crippen molar-refractivity contribution in [1.82, 2.24) is 14.6 Å². The molecule has 0 fully saturated rings. The van der Waals surface area contributed by atoms with Gasteiger partial charge in [-0.05, 0) is 18.9 Å². The van der Waals surface area contributed by atoms with E-state index in [0.29, 0.717) is 36.7 Å². The van der Waals surface area contributed by atoms with Crippen molar-refractivity contribution in [2.75, 3.05) is 13.2 Å². The topological polar surface area (TPSA) is 82.8 Å². The maximum absolute atomic E-state index is 12.2. The minimum atomic E-state index is -0.317. The van der Waals surface area contributed by atoms with Crippen LogP contribution >= 0.6 is 11.3 Å². The van der Waals surface area contributed by atoms with Crippen LogP contribution in [0.15, 0.2) is 41.2 Å². The van der Waals surface area contributed by atoms with Crippen LogP contribution in [-0.4, -0.2) is 33.8 Å². The van der Waals surface area contributed by atoms with E-state index < -0.39 is 0 Å². The highest BCUT2D eigenvalue weighted by Gasteiger charge is 2.11. The molecule has 142 valence electrons. The van der Waals surface area contributed by atoms with Gasteiger partial charge in [0.1, 0.15) is 11.6 Å². The van der Waals surface area contributed by atoms with Gasteiger partial charge in [-0.15, -0.1) is 0 Å². The summed E-state index contributed by atoms with van der Waals surface area (Å²) in [5.41, 5.74) is 1.22. The number of fused-ring (bicyclic) bond motifs is 1. The number of benzene rings is 1. The van der Waals surface area contributed by atoms with Crippen LogP contribution in [0, 0.1) is 0 Å². The first kappa shape index (κ1) is 19.2. The third kappa shape index (κ3) is 5.45. The molecular weight excluding hydrogens is 366 g/mol. The van der Waals surface area contributed by atoms with Gasteiger partial charge in [-0.2, -0.15) is 9.61 Å². The van der Waals surface area contributed by atoms with E-state index in [4.69, 9.17) is 9.47 Å². The molecule has 0 spiro atoms. The van der Waals surface area contributed by atoms with Crippen LogP contribution in [0.3, 0.4) is 0 Å². The molecule has 1 aromatic carbocycles. The van der Waals surface area contributed by atoms with E-state index in [2.05, 4.69) is 10.1 Å². The molecule has 7 nitrogen and oxygen atoms in total. The zero-order chi connectivity index (χ0) is 19.1. The second-order valence-corrected chi connectivity index (χ2v) is 6.91. The van der Waals surface area contributed by atoms with Crippen LogP contribution in [0.5, 0.6) is 0 Å². The number of esters is 1. The average molecular weight is 387 g/mol. The standard InChI is InChI=1S/C19H21N3O4S/c1-2-25-11-10-16-21-22-17(23)12-15(20-19(22)27-16)13-26-18(24)9-8-14-6-4-3-5-7-14/h3-7,12H,2,8-11,13H2,1H3. The molecule has 0 aliphatic heterocycles. The summed E-state index contributed by atoms with van der Waals surface area (Å²) in [7, 11) is 0. The minimum Gasteiger partial charge on any atom is -0.459 e. The molecule has 8 heteroatoms. The molecule has 3 rings (SSSR count). The van der Waals surface area contributed by atoms with Crippen molar-refractivity contribution in [3.63, 3.8) is 0 Å². The second kappa shape index (κ2) is 9.38. The van der Waals surface area contributed by atoms with E-state index in [1.807, 2.05) is 37.3 Å². The third-order valence-corrected chi connectivity index (χ3v) is 4.81. The first-order chi connectivity index (χ1) is 13.2. The molecule has 2 heterocycles. The third-order valence-electron chi connectivity index (χ3n) is 3.85. The highest BCUT2D eigenvalue weighted by molar-refractivity contribution is 7.16. The summed E-state index contributed by atoms with van der Waals surface area (Å²) in [6.45, 7) is 3.10. The Morgan fingerprint density at radius 1 is 1.22 bits per heavy atom. The molecule has 27 heavy (non-hydrogen) atoms. The summed E-state index contributed by atoms with van der Waals surface area (Å²) < 4.78 is 11.8. The van der Waals surface area contributed by atoms with Gasteiger partial charge < -0.3 is 9.47 Å². The van der Waals surface area contributed by atoms with Gasteiger partial charge in [0.15, 0.2) is 0 Å². The number of carbonyl (C=O) groups is 1. The fraction of sp³-hybridized carbons (Fsp3) is 0.368. The predicted molar refractivity (Wildman–Crippen MR) is 102 cm³/mol. The van der Waals surface area contributed by atoms with Crippen molar-refractivity contribution in [3.05, 3.63) is 63.0 Å². The van der Waals surface area contributed by atoms with Crippen molar-refractivity contribution >= 4 is 22.3 Å². The molecule has 0 unspecified atom stereocenters. The van der Waals surface area contributed by atoms with Crippen LogP contribution in [0.4, 0.5) is 0 Å². The quantitative estimate of drug-likeness (QED) is 0.414. The minimum absolute atomic E-state index is 0.0223. The van der Waals surface area contributed by atoms with Crippen LogP contribution in [0.2, 0.25) is 0 Å². The number of rotatable bonds is 9. The highest BCUT2D eigenvalue weighted by atomic mass is 32.1. The maximum atomic E-state index is 12.2. The van der Waals surface area contributed by atoms with Crippen LogP contribution < -0.4 is 5.56 Å². The monoisotopic (exact) mass is 387 g/mol. The molecule has 0 aliphatic rings. The predicted octanol–water partition coefficient (Wildman–Crippen LogP) is 2.41. The molecule has 0 bridgehead atoms. The van der Waals surface area contributed by atoms with E-state index in [9.17, 15) is 9.59 Å². The molecule has 0 aliphatic carbocycles. The zero-order valence-electron chi connectivity index (χ0n) is 15.1. The Kier molecular flexibility index (Phi) is 6.67. The number of hydrogen-bond acceptors (Lipinski definition) is 7. The Morgan fingerprint density at radius 3 is 2.81 bits per heavy atom. The van der Waals surface area contributed by atoms with Gasteiger partial charge in [-0.25, -0.2) is 4.98 Å². The molecule has 0 N–H and O–H groups in total.